The summed E-state index contributed by atoms with van der Waals surface area (Å²) in [5.41, 5.74) is 6.49. The number of anilines is 6. The molecule has 0 radical (unpaired) electrons. The smallest absolute Gasteiger partial charge is 0.399 e. The zero-order chi connectivity index (χ0) is 89.4. The Morgan fingerprint density at radius 1 is 0.341 bits per heavy atom. The molecule has 23 atom stereocenters. The highest BCUT2D eigenvalue weighted by Crippen LogP contribution is 3.42. The van der Waals surface area contributed by atoms with Crippen molar-refractivity contribution >= 4 is 458 Å². The van der Waals surface area contributed by atoms with Crippen LogP contribution in [0.15, 0.2) is 264 Å². The lowest BCUT2D eigenvalue weighted by molar-refractivity contribution is 0.00578. The quantitative estimate of drug-likeness (QED) is 0.0368. The van der Waals surface area contributed by atoms with Crippen molar-refractivity contribution in [3.05, 3.63) is 255 Å². The van der Waals surface area contributed by atoms with Crippen molar-refractivity contribution in [1.29, 1.82) is 0 Å². The highest BCUT2D eigenvalue weighted by Gasteiger charge is 2.56. The predicted molar refractivity (Wildman–Crippen MR) is 674 cm³/mol. The Kier molecular flexibility index (Phi) is 44.5. The van der Waals surface area contributed by atoms with Crippen LogP contribution in [0.5, 0.6) is 0 Å². The Balaban J connectivity index is 0.000000155. The first-order valence-electron chi connectivity index (χ1n) is 35.8. The Morgan fingerprint density at radius 2 is 0.626 bits per heavy atom. The van der Waals surface area contributed by atoms with Crippen LogP contribution in [0.3, 0.4) is 0 Å². The molecule has 12 aromatic rings. The van der Waals surface area contributed by atoms with Crippen molar-refractivity contribution in [2.45, 2.75) is 58.5 Å². The maximum atomic E-state index is 13.3. The van der Waals surface area contributed by atoms with Gasteiger partial charge in [0, 0.05) is 56.2 Å². The van der Waals surface area contributed by atoms with E-state index in [0.717, 1.165) is 80.7 Å². The summed E-state index contributed by atoms with van der Waals surface area (Å²) in [5.74, 6) is 0. The maximum Gasteiger partial charge on any atom is 0.494 e. The van der Waals surface area contributed by atoms with Crippen LogP contribution in [0, 0.1) is 0 Å². The van der Waals surface area contributed by atoms with E-state index in [-0.39, 0.29) is 137 Å². The van der Waals surface area contributed by atoms with Crippen molar-refractivity contribution in [1.82, 2.24) is 0 Å². The Hall–Kier alpha value is 8.71. The zero-order valence-corrected chi connectivity index (χ0v) is 111. The standard InChI is InChI=1S/C31H19NO3S2.C24H24BNO4S.C13H7BrOS.H41P39/c33-31-23-7-1-4-10-27(23)36-28-18-15-21(19-24(28)31)20-13-16-22(17-14-20)32-25-8-2-5-11-29(25)37(34,35)30-12-6-3-9-26(30)32;1-23(2)24(3,4)30-25(29-23)17-13-15-18(16-14-17)26-19-9-5-7-11-21(19)31(27,28)22-12-8-6-10-20(22)26;14-8-5-6-12-10(7-8)13(15)9-3-1-2-4-11(9)16-12;1-21-31(20)36(30(18)19)39(37(32(22(2)3)23(4)5)33(24(6)7)25(8)9)38(34(26(10)11)27(12)13)35(28(14)15)29(16)17/h1-19H;5-16H,1-4H3;1-7H;21H,1-20H2. The third-order valence-electron chi connectivity index (χ3n) is 19.1. The SMILES string of the molecule is CC1(C)OB(c2ccc(N3c4ccccc4S(=O)(=O)c4ccccc43)cc2)OC1(C)C.O=c1c2ccccc2sc2ccc(-c3ccc(N4c5ccccc5S(=O)(=O)c5ccccc54)cc3)cc12.O=c1c2ccccc2sc2ccc(Br)cc12.PPP(P)P(P(P)P)P(P(P(P(P)P)P(P)P)P(P(P)P)P(P)P)P(P(P(P)P)P(P)P)P(P(P)P)P(P)P. The van der Waals surface area contributed by atoms with Gasteiger partial charge >= 0.3 is 7.12 Å². The van der Waals surface area contributed by atoms with E-state index in [1.54, 1.807) is 71.2 Å². The molecule has 0 N–H and O–H groups in total. The topological polar surface area (TPSA) is 127 Å². The minimum atomic E-state index is -3.60. The molecular formula is C68H91BBrN2O8P39S4. The molecule has 0 aliphatic carbocycles. The fraction of sp³-hybridized carbons (Fsp3) is 0.0882. The number of sulfone groups is 2. The van der Waals surface area contributed by atoms with Gasteiger partial charge in [-0.1, -0.05) is 127 Å². The minimum Gasteiger partial charge on any atom is -0.399 e. The third-order valence-corrected chi connectivity index (χ3v) is 290. The highest BCUT2D eigenvalue weighted by molar-refractivity contribution is 9.48. The number of fused-ring (bicyclic) bond motifs is 8. The maximum absolute atomic E-state index is 13.3. The second-order valence-corrected chi connectivity index (χ2v) is 191. The van der Waals surface area contributed by atoms with Gasteiger partial charge in [0.1, 0.15) is 0 Å². The third kappa shape index (κ3) is 25.8. The van der Waals surface area contributed by atoms with Gasteiger partial charge in [-0.3, -0.25) is 9.59 Å². The van der Waals surface area contributed by atoms with Crippen molar-refractivity contribution < 1.29 is 26.1 Å². The van der Waals surface area contributed by atoms with Crippen LogP contribution in [0.2, 0.25) is 0 Å². The van der Waals surface area contributed by atoms with Crippen molar-refractivity contribution in [3.8, 4) is 11.1 Å². The molecule has 10 aromatic carbocycles. The van der Waals surface area contributed by atoms with Crippen molar-refractivity contribution in [2.24, 2.45) is 0 Å². The molecule has 15 rings (SSSR count). The van der Waals surface area contributed by atoms with E-state index in [0.29, 0.717) is 42.3 Å². The monoisotopic (exact) mass is 2490 g/mol. The van der Waals surface area contributed by atoms with Crippen LogP contribution in [-0.2, 0) is 29.0 Å². The molecule has 1 fully saturated rings. The summed E-state index contributed by atoms with van der Waals surface area (Å²) >= 11 is 6.67. The zero-order valence-electron chi connectivity index (χ0n) is 65.8. The summed E-state index contributed by atoms with van der Waals surface area (Å²) in [6, 6.07) is 71.6. The molecule has 23 unspecified atom stereocenters. The van der Waals surface area contributed by atoms with Gasteiger partial charge in [0.25, 0.3) is 0 Å². The molecule has 650 valence electrons. The Labute approximate surface area is 809 Å². The second-order valence-electron chi connectivity index (χ2n) is 27.5. The predicted octanol–water partition coefficient (Wildman–Crippen LogP) is 39.1. The highest BCUT2D eigenvalue weighted by atomic mass is 79.9. The number of hydrogen-bond donors (Lipinski definition) is 0. The lowest BCUT2D eigenvalue weighted by Crippen LogP contribution is -2.41. The van der Waals surface area contributed by atoms with E-state index in [9.17, 15) is 26.4 Å². The first-order chi connectivity index (χ1) is 58.1. The summed E-state index contributed by atoms with van der Waals surface area (Å²) in [7, 11) is 61.1. The lowest BCUT2D eigenvalue weighted by Gasteiger charge is -2.55. The number of nitrogens with zero attached hydrogens (tertiary/aromatic N) is 2. The largest absolute Gasteiger partial charge is 0.494 e. The summed E-state index contributed by atoms with van der Waals surface area (Å²) in [5, 5.41) is 3.05. The van der Waals surface area contributed by atoms with Gasteiger partial charge in [-0.05, 0) is 297 Å². The molecule has 0 bridgehead atoms. The fourth-order valence-electron chi connectivity index (χ4n) is 13.1. The molecule has 0 amide bonds. The molecule has 5 heterocycles. The van der Waals surface area contributed by atoms with Gasteiger partial charge in [0.2, 0.25) is 19.7 Å². The Morgan fingerprint density at radius 3 is 0.967 bits per heavy atom. The average Bonchev–Trinajstić information content (AvgIpc) is 1.28. The summed E-state index contributed by atoms with van der Waals surface area (Å²) in [6.07, 6.45) is 0. The molecule has 3 aliphatic heterocycles. The van der Waals surface area contributed by atoms with Gasteiger partial charge in [0.05, 0.1) is 53.5 Å². The molecule has 2 aromatic heterocycles. The van der Waals surface area contributed by atoms with Crippen LogP contribution in [0.4, 0.5) is 34.1 Å². The average molecular weight is 2490 g/mol. The van der Waals surface area contributed by atoms with E-state index >= 15 is 0 Å². The van der Waals surface area contributed by atoms with Crippen molar-refractivity contribution in [3.63, 3.8) is 0 Å². The first-order valence-corrected chi connectivity index (χ1v) is 112. The lowest BCUT2D eigenvalue weighted by atomic mass is 9.79. The van der Waals surface area contributed by atoms with Gasteiger partial charge in [0.15, 0.2) is 10.9 Å². The molecule has 0 spiro atoms. The van der Waals surface area contributed by atoms with Gasteiger partial charge < -0.3 is 19.1 Å². The van der Waals surface area contributed by atoms with Gasteiger partial charge in [-0.25, -0.2) is 16.8 Å². The van der Waals surface area contributed by atoms with Crippen molar-refractivity contribution in [2.75, 3.05) is 9.80 Å². The van der Waals surface area contributed by atoms with Crippen LogP contribution in [-0.4, -0.2) is 35.2 Å². The van der Waals surface area contributed by atoms with Crippen LogP contribution in [0.1, 0.15) is 27.7 Å². The van der Waals surface area contributed by atoms with E-state index < -0.39 is 38.0 Å². The summed E-state index contributed by atoms with van der Waals surface area (Å²) in [4.78, 5) is 30.6. The molecule has 0 saturated carbocycles. The van der Waals surface area contributed by atoms with Gasteiger partial charge in [-0.2, -0.15) is 0 Å². The van der Waals surface area contributed by atoms with Gasteiger partial charge in [-0.15, -0.1) is 201 Å². The molecule has 123 heavy (non-hydrogen) atoms. The second kappa shape index (κ2) is 49.5. The molecule has 10 nitrogen and oxygen atoms in total. The molecular weight excluding hydrogens is 2400 g/mol. The molecule has 1 saturated heterocycles. The van der Waals surface area contributed by atoms with E-state index in [2.05, 4.69) is 194 Å². The normalized spacial score (nSPS) is 15.8. The summed E-state index contributed by atoms with van der Waals surface area (Å²) < 4.78 is 70.2. The summed E-state index contributed by atoms with van der Waals surface area (Å²) in [6.45, 7) is 6.82. The van der Waals surface area contributed by atoms with E-state index in [4.69, 9.17) is 9.31 Å². The number of benzene rings is 10. The minimum absolute atomic E-state index is 0.0190. The van der Waals surface area contributed by atoms with Crippen LogP contribution >= 0.6 is 351 Å². The number of rotatable bonds is 22. The van der Waals surface area contributed by atoms with E-state index in [1.807, 2.05) is 219 Å². The number of halogens is 1. The molecule has 55 heteroatoms. The fourth-order valence-corrected chi connectivity index (χ4v) is 552. The Bertz CT molecular complexity index is 5930. The number of para-hydroxylation sites is 4. The first kappa shape index (κ1) is 110. The number of hydrogen-bond acceptors (Lipinski definition) is 12. The van der Waals surface area contributed by atoms with Crippen LogP contribution in [0.25, 0.3) is 51.5 Å². The van der Waals surface area contributed by atoms with Crippen LogP contribution < -0.4 is 26.1 Å². The van der Waals surface area contributed by atoms with E-state index in [1.165, 1.54) is 0 Å². The molecule has 3 aliphatic rings.